The molecular formula is C25H23N3O. The molecule has 29 heavy (non-hydrogen) atoms. The zero-order valence-electron chi connectivity index (χ0n) is 16.3. The number of likely N-dealkylation sites (tertiary alicyclic amines) is 1. The van der Waals surface area contributed by atoms with Gasteiger partial charge in [0.1, 0.15) is 11.6 Å². The van der Waals surface area contributed by atoms with Crippen LogP contribution in [0.2, 0.25) is 0 Å². The predicted octanol–water partition coefficient (Wildman–Crippen LogP) is 4.90. The van der Waals surface area contributed by atoms with Crippen LogP contribution in [0.15, 0.2) is 71.5 Å². The van der Waals surface area contributed by atoms with Crippen molar-refractivity contribution in [2.45, 2.75) is 19.3 Å². The van der Waals surface area contributed by atoms with E-state index in [2.05, 4.69) is 28.1 Å². The Balaban J connectivity index is 1.88. The molecule has 144 valence electrons. The number of hydrogen-bond acceptors (Lipinski definition) is 3. The number of nitrogens with one attached hydrogen (secondary N) is 1. The summed E-state index contributed by atoms with van der Waals surface area (Å²) in [7, 11) is 0. The van der Waals surface area contributed by atoms with E-state index in [1.807, 2.05) is 60.7 Å². The van der Waals surface area contributed by atoms with Crippen LogP contribution in [0.3, 0.4) is 0 Å². The molecule has 1 fully saturated rings. The topological polar surface area (TPSA) is 59.9 Å². The highest BCUT2D eigenvalue weighted by molar-refractivity contribution is 5.83. The molecule has 4 nitrogen and oxygen atoms in total. The first kappa shape index (κ1) is 18.8. The molecule has 4 rings (SSSR count). The van der Waals surface area contributed by atoms with Gasteiger partial charge in [-0.3, -0.25) is 4.79 Å². The molecule has 2 heterocycles. The molecule has 1 aromatic heterocycles. The minimum absolute atomic E-state index is 0.148. The van der Waals surface area contributed by atoms with Gasteiger partial charge in [0, 0.05) is 30.0 Å². The second-order valence-electron chi connectivity index (χ2n) is 7.26. The maximum absolute atomic E-state index is 12.6. The predicted molar refractivity (Wildman–Crippen MR) is 117 cm³/mol. The maximum Gasteiger partial charge on any atom is 0.266 e. The molecule has 0 aliphatic carbocycles. The smallest absolute Gasteiger partial charge is 0.266 e. The molecule has 0 spiro atoms. The van der Waals surface area contributed by atoms with Crippen LogP contribution >= 0.6 is 0 Å². The molecule has 0 unspecified atom stereocenters. The van der Waals surface area contributed by atoms with E-state index in [9.17, 15) is 10.1 Å². The van der Waals surface area contributed by atoms with E-state index < -0.39 is 0 Å². The highest BCUT2D eigenvalue weighted by Gasteiger charge is 2.17. The Hall–Kier alpha value is -3.58. The Morgan fingerprint density at radius 2 is 1.62 bits per heavy atom. The quantitative estimate of drug-likeness (QED) is 0.699. The van der Waals surface area contributed by atoms with Crippen LogP contribution in [0.1, 0.15) is 36.0 Å². The molecule has 1 aliphatic heterocycles. The Bertz CT molecular complexity index is 1100. The number of nitriles is 1. The van der Waals surface area contributed by atoms with Gasteiger partial charge >= 0.3 is 0 Å². The van der Waals surface area contributed by atoms with Crippen LogP contribution in [-0.2, 0) is 0 Å². The summed E-state index contributed by atoms with van der Waals surface area (Å²) in [4.78, 5) is 17.9. The first-order valence-corrected chi connectivity index (χ1v) is 10.0. The van der Waals surface area contributed by atoms with E-state index in [-0.39, 0.29) is 11.1 Å². The van der Waals surface area contributed by atoms with E-state index >= 15 is 0 Å². The lowest BCUT2D eigenvalue weighted by Gasteiger charge is -2.31. The zero-order chi connectivity index (χ0) is 20.1. The van der Waals surface area contributed by atoms with Gasteiger partial charge in [0.25, 0.3) is 5.56 Å². The van der Waals surface area contributed by atoms with Crippen molar-refractivity contribution in [1.82, 2.24) is 9.88 Å². The molecule has 0 bridgehead atoms. The fourth-order valence-electron chi connectivity index (χ4n) is 3.83. The average Bonchev–Trinajstić information content (AvgIpc) is 2.79. The van der Waals surface area contributed by atoms with Crippen LogP contribution < -0.4 is 5.56 Å². The molecule has 1 aliphatic rings. The molecule has 0 saturated carbocycles. The van der Waals surface area contributed by atoms with Gasteiger partial charge in [-0.15, -0.1) is 0 Å². The lowest BCUT2D eigenvalue weighted by molar-refractivity contribution is 0.327. The standard InChI is InChI=1S/C25H23N3O/c26-18-22-21(16-23(27-25(22)29)19-10-4-1-5-11-19)17-24(20-12-6-2-7-13-20)28-14-8-3-9-15-28/h1-2,4-7,10-13,16-17H,3,8-9,14-15H2,(H,27,29)/b24-17-. The van der Waals surface area contributed by atoms with Gasteiger partial charge in [-0.1, -0.05) is 60.7 Å². The van der Waals surface area contributed by atoms with Crippen molar-refractivity contribution < 1.29 is 0 Å². The van der Waals surface area contributed by atoms with Gasteiger partial charge in [-0.2, -0.15) is 5.26 Å². The number of nitrogens with zero attached hydrogens (tertiary/aromatic N) is 2. The third-order valence-corrected chi connectivity index (χ3v) is 5.32. The number of H-pyrrole nitrogens is 1. The largest absolute Gasteiger partial charge is 0.371 e. The monoisotopic (exact) mass is 381 g/mol. The van der Waals surface area contributed by atoms with Crippen molar-refractivity contribution in [2.24, 2.45) is 0 Å². The van der Waals surface area contributed by atoms with Crippen molar-refractivity contribution in [2.75, 3.05) is 13.1 Å². The SMILES string of the molecule is N#Cc1c(/C=C(/c2ccccc2)N2CCCCC2)cc(-c2ccccc2)[nH]c1=O. The van der Waals surface area contributed by atoms with Crippen molar-refractivity contribution >= 4 is 11.8 Å². The van der Waals surface area contributed by atoms with Gasteiger partial charge in [-0.25, -0.2) is 0 Å². The summed E-state index contributed by atoms with van der Waals surface area (Å²) in [5.74, 6) is 0. The van der Waals surface area contributed by atoms with Crippen molar-refractivity contribution in [1.29, 1.82) is 5.26 Å². The minimum atomic E-state index is -0.355. The Morgan fingerprint density at radius 1 is 0.966 bits per heavy atom. The molecule has 2 aromatic carbocycles. The third-order valence-electron chi connectivity index (χ3n) is 5.32. The average molecular weight is 381 g/mol. The van der Waals surface area contributed by atoms with Crippen molar-refractivity contribution in [3.05, 3.63) is 93.8 Å². The Kier molecular flexibility index (Phi) is 5.58. The van der Waals surface area contributed by atoms with Crippen LogP contribution in [0, 0.1) is 11.3 Å². The summed E-state index contributed by atoms with van der Waals surface area (Å²) in [6.45, 7) is 1.97. The van der Waals surface area contributed by atoms with Crippen LogP contribution in [-0.4, -0.2) is 23.0 Å². The fourth-order valence-corrected chi connectivity index (χ4v) is 3.83. The third kappa shape index (κ3) is 4.14. The Morgan fingerprint density at radius 3 is 2.28 bits per heavy atom. The lowest BCUT2D eigenvalue weighted by Crippen LogP contribution is -2.28. The minimum Gasteiger partial charge on any atom is -0.371 e. The molecular weight excluding hydrogens is 358 g/mol. The molecule has 0 atom stereocenters. The highest BCUT2D eigenvalue weighted by atomic mass is 16.1. The fraction of sp³-hybridized carbons (Fsp3) is 0.200. The number of benzene rings is 2. The number of pyridine rings is 1. The summed E-state index contributed by atoms with van der Waals surface area (Å²) in [5, 5.41) is 9.64. The van der Waals surface area contributed by atoms with E-state index in [4.69, 9.17) is 0 Å². The van der Waals surface area contributed by atoms with E-state index in [1.54, 1.807) is 0 Å². The molecule has 1 N–H and O–H groups in total. The Labute approximate surface area is 170 Å². The summed E-state index contributed by atoms with van der Waals surface area (Å²) in [6, 6.07) is 23.9. The van der Waals surface area contributed by atoms with Gasteiger partial charge in [0.15, 0.2) is 0 Å². The number of rotatable bonds is 4. The molecule has 0 radical (unpaired) electrons. The van der Waals surface area contributed by atoms with E-state index in [1.165, 1.54) is 6.42 Å². The molecule has 3 aromatic rings. The van der Waals surface area contributed by atoms with E-state index in [0.717, 1.165) is 42.8 Å². The van der Waals surface area contributed by atoms with Crippen molar-refractivity contribution in [3.63, 3.8) is 0 Å². The number of aromatic nitrogens is 1. The zero-order valence-corrected chi connectivity index (χ0v) is 16.3. The number of piperidine rings is 1. The normalized spacial score (nSPS) is 14.4. The first-order chi connectivity index (χ1) is 14.3. The first-order valence-electron chi connectivity index (χ1n) is 10.0. The summed E-state index contributed by atoms with van der Waals surface area (Å²) in [6.07, 6.45) is 5.55. The van der Waals surface area contributed by atoms with Gasteiger partial charge in [-0.05, 0) is 42.5 Å². The maximum atomic E-state index is 12.6. The van der Waals surface area contributed by atoms with Crippen LogP contribution in [0.25, 0.3) is 23.0 Å². The van der Waals surface area contributed by atoms with Crippen molar-refractivity contribution in [3.8, 4) is 17.3 Å². The summed E-state index contributed by atoms with van der Waals surface area (Å²) < 4.78 is 0. The lowest BCUT2D eigenvalue weighted by atomic mass is 10.0. The van der Waals surface area contributed by atoms with E-state index in [0.29, 0.717) is 11.3 Å². The number of aromatic amines is 1. The van der Waals surface area contributed by atoms with Crippen LogP contribution in [0.5, 0.6) is 0 Å². The van der Waals surface area contributed by atoms with Gasteiger partial charge in [0.05, 0.1) is 0 Å². The molecule has 1 saturated heterocycles. The van der Waals surface area contributed by atoms with Gasteiger partial charge < -0.3 is 9.88 Å². The van der Waals surface area contributed by atoms with Crippen LogP contribution in [0.4, 0.5) is 0 Å². The highest BCUT2D eigenvalue weighted by Crippen LogP contribution is 2.27. The summed E-state index contributed by atoms with van der Waals surface area (Å²) in [5.41, 5.74) is 4.24. The molecule has 0 amide bonds. The number of hydrogen-bond donors (Lipinski definition) is 1. The second kappa shape index (κ2) is 8.62. The molecule has 4 heteroatoms. The summed E-state index contributed by atoms with van der Waals surface area (Å²) >= 11 is 0. The van der Waals surface area contributed by atoms with Gasteiger partial charge in [0.2, 0.25) is 0 Å². The second-order valence-corrected chi connectivity index (χ2v) is 7.26.